The first-order chi connectivity index (χ1) is 16.1. The molecular weight excluding hydrogens is 423 g/mol. The lowest BCUT2D eigenvalue weighted by Crippen LogP contribution is -2.27. The van der Waals surface area contributed by atoms with Gasteiger partial charge >= 0.3 is 5.69 Å². The van der Waals surface area contributed by atoms with E-state index >= 15 is 0 Å². The number of rotatable bonds is 3. The summed E-state index contributed by atoms with van der Waals surface area (Å²) in [5.74, 6) is -0.0445. The maximum Gasteiger partial charge on any atom is 0.327 e. The van der Waals surface area contributed by atoms with Gasteiger partial charge in [-0.05, 0) is 38.0 Å². The number of halogens is 1. The minimum absolute atomic E-state index is 0.0231. The summed E-state index contributed by atoms with van der Waals surface area (Å²) >= 11 is 0. The van der Waals surface area contributed by atoms with Crippen molar-refractivity contribution in [1.29, 1.82) is 0 Å². The van der Waals surface area contributed by atoms with Crippen LogP contribution in [0.5, 0.6) is 0 Å². The van der Waals surface area contributed by atoms with Crippen molar-refractivity contribution in [3.63, 3.8) is 0 Å². The molecule has 0 radical (unpaired) electrons. The lowest BCUT2D eigenvalue weighted by Gasteiger charge is -2.23. The fourth-order valence-electron chi connectivity index (χ4n) is 4.52. The van der Waals surface area contributed by atoms with Gasteiger partial charge in [0.2, 0.25) is 5.95 Å². The van der Waals surface area contributed by atoms with E-state index < -0.39 is 0 Å². The van der Waals surface area contributed by atoms with Gasteiger partial charge in [0, 0.05) is 30.9 Å². The molecule has 4 heterocycles. The van der Waals surface area contributed by atoms with Gasteiger partial charge in [0.25, 0.3) is 0 Å². The molecule has 0 aliphatic carbocycles. The predicted molar refractivity (Wildman–Crippen MR) is 122 cm³/mol. The van der Waals surface area contributed by atoms with E-state index in [2.05, 4.69) is 9.97 Å². The van der Waals surface area contributed by atoms with Gasteiger partial charge in [-0.1, -0.05) is 23.8 Å². The molecule has 1 N–H and O–H groups in total. The normalized spacial score (nSPS) is 15.0. The van der Waals surface area contributed by atoms with E-state index in [1.54, 1.807) is 21.5 Å². The number of nitrogens with zero attached hydrogens (tertiary/aromatic N) is 5. The summed E-state index contributed by atoms with van der Waals surface area (Å²) in [6.45, 7) is 3.20. The summed E-state index contributed by atoms with van der Waals surface area (Å²) < 4.78 is 22.9. The van der Waals surface area contributed by atoms with Crippen LogP contribution in [0.25, 0.3) is 39.4 Å². The molecule has 1 fully saturated rings. The van der Waals surface area contributed by atoms with Crippen LogP contribution < -0.4 is 5.69 Å². The molecule has 9 heteroatoms. The number of imidazole rings is 2. The lowest BCUT2D eigenvalue weighted by atomic mass is 10.1. The van der Waals surface area contributed by atoms with Crippen molar-refractivity contribution in [3.8, 4) is 17.2 Å². The monoisotopic (exact) mass is 444 g/mol. The number of aromatic amines is 1. The third-order valence-corrected chi connectivity index (χ3v) is 6.13. The van der Waals surface area contributed by atoms with Gasteiger partial charge in [0.15, 0.2) is 5.65 Å². The Labute approximate surface area is 187 Å². The molecule has 3 aromatic heterocycles. The maximum atomic E-state index is 14.0. The van der Waals surface area contributed by atoms with E-state index in [4.69, 9.17) is 14.7 Å². The van der Waals surface area contributed by atoms with E-state index in [-0.39, 0.29) is 17.5 Å². The van der Waals surface area contributed by atoms with Gasteiger partial charge in [-0.15, -0.1) is 0 Å². The topological polar surface area (TPSA) is 90.6 Å². The zero-order valence-electron chi connectivity index (χ0n) is 18.0. The molecule has 1 aliphatic rings. The van der Waals surface area contributed by atoms with Crippen LogP contribution in [0.2, 0.25) is 0 Å². The number of nitrogens with one attached hydrogen (secondary N) is 1. The Morgan fingerprint density at radius 3 is 2.79 bits per heavy atom. The van der Waals surface area contributed by atoms with Crippen LogP contribution in [0, 0.1) is 12.7 Å². The first-order valence-electron chi connectivity index (χ1n) is 10.9. The van der Waals surface area contributed by atoms with Crippen LogP contribution in [0.3, 0.4) is 0 Å². The number of hydrogen-bond donors (Lipinski definition) is 1. The van der Waals surface area contributed by atoms with E-state index in [0.29, 0.717) is 47.1 Å². The van der Waals surface area contributed by atoms with Gasteiger partial charge in [-0.3, -0.25) is 9.13 Å². The van der Waals surface area contributed by atoms with Crippen molar-refractivity contribution >= 4 is 22.2 Å². The highest BCUT2D eigenvalue weighted by molar-refractivity contribution is 5.88. The van der Waals surface area contributed by atoms with Gasteiger partial charge < -0.3 is 9.72 Å². The average Bonchev–Trinajstić information content (AvgIpc) is 3.38. The smallest absolute Gasteiger partial charge is 0.327 e. The van der Waals surface area contributed by atoms with Crippen LogP contribution in [0.15, 0.2) is 53.6 Å². The Morgan fingerprint density at radius 2 is 1.97 bits per heavy atom. The number of aryl methyl sites for hydroxylation is 1. The highest BCUT2D eigenvalue weighted by Crippen LogP contribution is 2.30. The molecular formula is C24H21FN6O2. The predicted octanol–water partition coefficient (Wildman–Crippen LogP) is 3.92. The number of aromatic nitrogens is 6. The van der Waals surface area contributed by atoms with Gasteiger partial charge in [-0.25, -0.2) is 19.2 Å². The second kappa shape index (κ2) is 7.63. The molecule has 8 nitrogen and oxygen atoms in total. The summed E-state index contributed by atoms with van der Waals surface area (Å²) in [6, 6.07) is 12.3. The van der Waals surface area contributed by atoms with Crippen LogP contribution in [-0.2, 0) is 4.74 Å². The maximum absolute atomic E-state index is 14.0. The molecule has 0 saturated carbocycles. The third-order valence-electron chi connectivity index (χ3n) is 6.13. The fourth-order valence-corrected chi connectivity index (χ4v) is 4.52. The zero-order chi connectivity index (χ0) is 22.5. The van der Waals surface area contributed by atoms with E-state index in [1.165, 1.54) is 12.1 Å². The standard InChI is InChI=1S/C24H21FN6O2/c1-14-3-2-4-15(11-14)20-21-22(31(24(32)28-21)17-7-9-33-10-8-17)29-23(27-20)30-13-26-18-6-5-16(25)12-19(18)30/h2-6,11-13,17H,7-10H2,1H3,(H,28,32). The quantitative estimate of drug-likeness (QED) is 0.455. The summed E-state index contributed by atoms with van der Waals surface area (Å²) in [7, 11) is 0. The Kier molecular flexibility index (Phi) is 4.58. The van der Waals surface area contributed by atoms with Crippen molar-refractivity contribution < 1.29 is 9.13 Å². The molecule has 6 rings (SSSR count). The molecule has 0 bridgehead atoms. The Balaban J connectivity index is 1.66. The van der Waals surface area contributed by atoms with E-state index in [0.717, 1.165) is 24.0 Å². The molecule has 33 heavy (non-hydrogen) atoms. The van der Waals surface area contributed by atoms with Gasteiger partial charge in [-0.2, -0.15) is 4.98 Å². The first-order valence-corrected chi connectivity index (χ1v) is 10.9. The van der Waals surface area contributed by atoms with E-state index in [9.17, 15) is 9.18 Å². The number of fused-ring (bicyclic) bond motifs is 2. The molecule has 1 aliphatic heterocycles. The summed E-state index contributed by atoms with van der Waals surface area (Å²) in [4.78, 5) is 30.0. The van der Waals surface area contributed by atoms with Crippen LogP contribution in [0.4, 0.5) is 4.39 Å². The fraction of sp³-hybridized carbons (Fsp3) is 0.250. The van der Waals surface area contributed by atoms with Gasteiger partial charge in [0.05, 0.1) is 11.0 Å². The molecule has 2 aromatic carbocycles. The molecule has 5 aromatic rings. The summed E-state index contributed by atoms with van der Waals surface area (Å²) in [6.07, 6.45) is 3.03. The molecule has 0 unspecified atom stereocenters. The van der Waals surface area contributed by atoms with Crippen molar-refractivity contribution in [2.75, 3.05) is 13.2 Å². The van der Waals surface area contributed by atoms with E-state index in [1.807, 2.05) is 31.2 Å². The number of hydrogen-bond acceptors (Lipinski definition) is 5. The molecule has 1 saturated heterocycles. The van der Waals surface area contributed by atoms with Gasteiger partial charge in [0.1, 0.15) is 23.4 Å². The second-order valence-corrected chi connectivity index (χ2v) is 8.33. The van der Waals surface area contributed by atoms with Crippen LogP contribution in [-0.4, -0.2) is 42.3 Å². The Hall–Kier alpha value is -3.85. The highest BCUT2D eigenvalue weighted by Gasteiger charge is 2.24. The highest BCUT2D eigenvalue weighted by atomic mass is 19.1. The van der Waals surface area contributed by atoms with Crippen LogP contribution in [0.1, 0.15) is 24.4 Å². The molecule has 0 spiro atoms. The Morgan fingerprint density at radius 1 is 1.12 bits per heavy atom. The third kappa shape index (κ3) is 3.32. The molecule has 0 atom stereocenters. The van der Waals surface area contributed by atoms with Crippen LogP contribution >= 0.6 is 0 Å². The summed E-state index contributed by atoms with van der Waals surface area (Å²) in [5.41, 5.74) is 4.61. The number of H-pyrrole nitrogens is 1. The Bertz CT molecular complexity index is 1560. The molecule has 0 amide bonds. The van der Waals surface area contributed by atoms with Crippen molar-refractivity contribution in [2.45, 2.75) is 25.8 Å². The minimum atomic E-state index is -0.370. The van der Waals surface area contributed by atoms with Crippen molar-refractivity contribution in [3.05, 3.63) is 70.7 Å². The van der Waals surface area contributed by atoms with Crippen molar-refractivity contribution in [2.24, 2.45) is 0 Å². The zero-order valence-corrected chi connectivity index (χ0v) is 18.0. The average molecular weight is 444 g/mol. The number of benzene rings is 2. The first kappa shape index (κ1) is 19.8. The van der Waals surface area contributed by atoms with Crippen molar-refractivity contribution in [1.82, 2.24) is 29.1 Å². The summed E-state index contributed by atoms with van der Waals surface area (Å²) in [5, 5.41) is 0. The second-order valence-electron chi connectivity index (χ2n) is 8.33. The number of ether oxygens (including phenoxy) is 1. The lowest BCUT2D eigenvalue weighted by molar-refractivity contribution is 0.0697. The molecule has 166 valence electrons. The minimum Gasteiger partial charge on any atom is -0.381 e. The largest absolute Gasteiger partial charge is 0.381 e. The SMILES string of the molecule is Cc1cccc(-c2nc(-n3cnc4ccc(F)cc43)nc3c2[nH]c(=O)n3C2CCOCC2)c1.